The molecule has 96 valence electrons. The Labute approximate surface area is 101 Å². The Morgan fingerprint density at radius 1 is 1.33 bits per heavy atom. The van der Waals surface area contributed by atoms with Crippen LogP contribution in [0.15, 0.2) is 23.2 Å². The molecule has 1 aromatic rings. The third-order valence-corrected chi connectivity index (χ3v) is 3.27. The van der Waals surface area contributed by atoms with E-state index in [4.69, 9.17) is 0 Å². The molecule has 1 N–H and O–H groups in total. The molecule has 1 aliphatic carbocycles. The van der Waals surface area contributed by atoms with Crippen molar-refractivity contribution in [3.05, 3.63) is 29.3 Å². The second-order valence-electron chi connectivity index (χ2n) is 4.32. The molecule has 0 amide bonds. The molecule has 0 bridgehead atoms. The highest BCUT2D eigenvalue weighted by Gasteiger charge is 2.42. The Bertz CT molecular complexity index is 515. The Morgan fingerprint density at radius 2 is 2.00 bits per heavy atom. The highest BCUT2D eigenvalue weighted by molar-refractivity contribution is 5.46. The van der Waals surface area contributed by atoms with Crippen LogP contribution in [0.1, 0.15) is 30.4 Å². The summed E-state index contributed by atoms with van der Waals surface area (Å²) in [5.41, 5.74) is -1.85. The Balaban J connectivity index is 2.53. The van der Waals surface area contributed by atoms with Gasteiger partial charge in [-0.15, -0.1) is 0 Å². The minimum atomic E-state index is -4.49. The van der Waals surface area contributed by atoms with Crippen LogP contribution in [-0.4, -0.2) is 11.2 Å². The van der Waals surface area contributed by atoms with Crippen molar-refractivity contribution in [3.8, 4) is 5.75 Å². The molecule has 2 rings (SSSR count). The first-order chi connectivity index (χ1) is 8.39. The van der Waals surface area contributed by atoms with Crippen LogP contribution in [0.4, 0.5) is 13.2 Å². The van der Waals surface area contributed by atoms with Crippen LogP contribution in [0.5, 0.6) is 5.75 Å². The Hall–Kier alpha value is -1.81. The van der Waals surface area contributed by atoms with Crippen LogP contribution >= 0.6 is 0 Å². The summed E-state index contributed by atoms with van der Waals surface area (Å²) in [6, 6.07) is 2.64. The van der Waals surface area contributed by atoms with Gasteiger partial charge in [-0.05, 0) is 37.5 Å². The van der Waals surface area contributed by atoms with Crippen molar-refractivity contribution in [1.29, 1.82) is 0 Å². The van der Waals surface area contributed by atoms with Crippen molar-refractivity contribution < 1.29 is 23.1 Å². The zero-order chi connectivity index (χ0) is 13.4. The summed E-state index contributed by atoms with van der Waals surface area (Å²) in [7, 11) is 0. The third kappa shape index (κ3) is 1.99. The number of hydrogen-bond donors (Lipinski definition) is 1. The van der Waals surface area contributed by atoms with Crippen molar-refractivity contribution in [3.63, 3.8) is 0 Å². The molecule has 0 heterocycles. The predicted octanol–water partition coefficient (Wildman–Crippen LogP) is 3.13. The SMILES string of the molecule is O=C=NC1(c2cc(C(F)(F)F)ccc2O)CCC1. The number of isocyanates is 1. The number of aliphatic imine (C=N–C) groups is 1. The number of phenolic OH excluding ortho intramolecular Hbond substituents is 1. The maximum absolute atomic E-state index is 12.6. The summed E-state index contributed by atoms with van der Waals surface area (Å²) in [6.45, 7) is 0. The van der Waals surface area contributed by atoms with Crippen LogP contribution in [0.3, 0.4) is 0 Å². The van der Waals surface area contributed by atoms with Crippen LogP contribution in [0.25, 0.3) is 0 Å². The average molecular weight is 257 g/mol. The van der Waals surface area contributed by atoms with E-state index in [-0.39, 0.29) is 11.3 Å². The number of hydrogen-bond acceptors (Lipinski definition) is 3. The van der Waals surface area contributed by atoms with Gasteiger partial charge in [0.15, 0.2) is 0 Å². The summed E-state index contributed by atoms with van der Waals surface area (Å²) in [4.78, 5) is 14.0. The Morgan fingerprint density at radius 3 is 2.44 bits per heavy atom. The van der Waals surface area contributed by atoms with E-state index in [2.05, 4.69) is 4.99 Å². The number of alkyl halides is 3. The number of halogens is 3. The van der Waals surface area contributed by atoms with Gasteiger partial charge < -0.3 is 5.11 Å². The average Bonchev–Trinajstić information content (AvgIpc) is 2.23. The van der Waals surface area contributed by atoms with Crippen molar-refractivity contribution in [2.75, 3.05) is 0 Å². The van der Waals surface area contributed by atoms with Crippen LogP contribution in [0, 0.1) is 0 Å². The van der Waals surface area contributed by atoms with E-state index in [1.807, 2.05) is 0 Å². The molecule has 0 unspecified atom stereocenters. The van der Waals surface area contributed by atoms with E-state index < -0.39 is 17.3 Å². The summed E-state index contributed by atoms with van der Waals surface area (Å²) >= 11 is 0. The summed E-state index contributed by atoms with van der Waals surface area (Å²) < 4.78 is 37.8. The van der Waals surface area contributed by atoms with E-state index >= 15 is 0 Å². The minimum absolute atomic E-state index is 0.0481. The molecular formula is C12H10F3NO2. The fourth-order valence-corrected chi connectivity index (χ4v) is 2.13. The number of aromatic hydroxyl groups is 1. The topological polar surface area (TPSA) is 49.7 Å². The number of benzene rings is 1. The number of phenols is 1. The van der Waals surface area contributed by atoms with E-state index in [0.29, 0.717) is 12.8 Å². The van der Waals surface area contributed by atoms with Gasteiger partial charge in [-0.1, -0.05) is 0 Å². The lowest BCUT2D eigenvalue weighted by Crippen LogP contribution is -2.32. The van der Waals surface area contributed by atoms with Gasteiger partial charge in [0.1, 0.15) is 11.3 Å². The predicted molar refractivity (Wildman–Crippen MR) is 56.8 cm³/mol. The van der Waals surface area contributed by atoms with E-state index in [0.717, 1.165) is 24.6 Å². The number of rotatable bonds is 2. The van der Waals surface area contributed by atoms with E-state index in [1.54, 1.807) is 0 Å². The Kier molecular flexibility index (Phi) is 2.91. The van der Waals surface area contributed by atoms with Gasteiger partial charge in [-0.25, -0.2) is 4.79 Å². The molecule has 1 saturated carbocycles. The van der Waals surface area contributed by atoms with Gasteiger partial charge in [0.2, 0.25) is 6.08 Å². The smallest absolute Gasteiger partial charge is 0.416 e. The van der Waals surface area contributed by atoms with Crippen LogP contribution < -0.4 is 0 Å². The van der Waals surface area contributed by atoms with Crippen molar-refractivity contribution in [1.82, 2.24) is 0 Å². The molecule has 18 heavy (non-hydrogen) atoms. The lowest BCUT2D eigenvalue weighted by atomic mass is 9.71. The van der Waals surface area contributed by atoms with Crippen molar-refractivity contribution >= 4 is 6.08 Å². The number of nitrogens with zero attached hydrogens (tertiary/aromatic N) is 1. The molecule has 1 aliphatic rings. The maximum Gasteiger partial charge on any atom is 0.416 e. The second-order valence-corrected chi connectivity index (χ2v) is 4.32. The molecule has 0 spiro atoms. The minimum Gasteiger partial charge on any atom is -0.508 e. The fraction of sp³-hybridized carbons (Fsp3) is 0.417. The lowest BCUT2D eigenvalue weighted by Gasteiger charge is -2.37. The molecular weight excluding hydrogens is 247 g/mol. The molecule has 3 nitrogen and oxygen atoms in total. The molecule has 0 aliphatic heterocycles. The van der Waals surface area contributed by atoms with Crippen molar-refractivity contribution in [2.24, 2.45) is 4.99 Å². The van der Waals surface area contributed by atoms with Gasteiger partial charge in [-0.3, -0.25) is 0 Å². The van der Waals surface area contributed by atoms with Gasteiger partial charge >= 0.3 is 6.18 Å². The quantitative estimate of drug-likeness (QED) is 0.653. The van der Waals surface area contributed by atoms with Crippen molar-refractivity contribution in [2.45, 2.75) is 31.0 Å². The molecule has 0 radical (unpaired) electrons. The van der Waals surface area contributed by atoms with Gasteiger partial charge in [-0.2, -0.15) is 18.2 Å². The molecule has 0 atom stereocenters. The molecule has 0 aromatic heterocycles. The summed E-state index contributed by atoms with van der Waals surface area (Å²) in [5, 5.41) is 9.67. The third-order valence-electron chi connectivity index (χ3n) is 3.27. The van der Waals surface area contributed by atoms with E-state index in [1.165, 1.54) is 6.08 Å². The van der Waals surface area contributed by atoms with Crippen LogP contribution in [0.2, 0.25) is 0 Å². The first-order valence-electron chi connectivity index (χ1n) is 5.39. The van der Waals surface area contributed by atoms with Gasteiger partial charge in [0, 0.05) is 5.56 Å². The first-order valence-corrected chi connectivity index (χ1v) is 5.39. The molecule has 1 aromatic carbocycles. The van der Waals surface area contributed by atoms with Gasteiger partial charge in [0.05, 0.1) is 5.56 Å². The highest BCUT2D eigenvalue weighted by atomic mass is 19.4. The molecule has 0 saturated heterocycles. The fourth-order valence-electron chi connectivity index (χ4n) is 2.13. The summed E-state index contributed by atoms with van der Waals surface area (Å²) in [5.74, 6) is -0.276. The molecule has 1 fully saturated rings. The largest absolute Gasteiger partial charge is 0.508 e. The first kappa shape index (κ1) is 12.6. The van der Waals surface area contributed by atoms with E-state index in [9.17, 15) is 23.1 Å². The maximum atomic E-state index is 12.6. The molecule has 6 heteroatoms. The zero-order valence-electron chi connectivity index (χ0n) is 9.29. The second kappa shape index (κ2) is 4.14. The monoisotopic (exact) mass is 257 g/mol. The van der Waals surface area contributed by atoms with Crippen LogP contribution in [-0.2, 0) is 16.5 Å². The van der Waals surface area contributed by atoms with Gasteiger partial charge in [0.25, 0.3) is 0 Å². The lowest BCUT2D eigenvalue weighted by molar-refractivity contribution is -0.137. The summed E-state index contributed by atoms with van der Waals surface area (Å²) in [6.07, 6.45) is -1.48. The standard InChI is InChI=1S/C12H10F3NO2/c13-12(14,15)8-2-3-10(18)9(6-8)11(16-7-17)4-1-5-11/h2-3,6,18H,1,4-5H2. The zero-order valence-corrected chi connectivity index (χ0v) is 9.29. The number of carbonyl (C=O) groups excluding carboxylic acids is 1. The normalized spacial score (nSPS) is 17.7. The highest BCUT2D eigenvalue weighted by Crippen LogP contribution is 2.48.